The average molecular weight is 337 g/mol. The number of carbonyl (C=O) groups excluding carboxylic acids is 2. The number of primary amides is 1. The van der Waals surface area contributed by atoms with E-state index in [1.165, 1.54) is 7.11 Å². The van der Waals surface area contributed by atoms with E-state index in [4.69, 9.17) is 5.73 Å². The number of ether oxygens (including phenoxy) is 1. The molecule has 0 aliphatic rings. The molecule has 0 fully saturated rings. The minimum absolute atomic E-state index is 0.196. The fourth-order valence-electron chi connectivity index (χ4n) is 2.48. The third-order valence-corrected chi connectivity index (χ3v) is 4.86. The van der Waals surface area contributed by atoms with Gasteiger partial charge in [0.25, 0.3) is 11.5 Å². The molecule has 23 heavy (non-hydrogen) atoms. The molecule has 0 spiro atoms. The Morgan fingerprint density at radius 2 is 2.09 bits per heavy atom. The second-order valence-electron chi connectivity index (χ2n) is 5.12. The molecule has 2 heterocycles. The Morgan fingerprint density at radius 3 is 2.65 bits per heavy atom. The van der Waals surface area contributed by atoms with Gasteiger partial charge in [-0.15, -0.1) is 11.3 Å². The van der Waals surface area contributed by atoms with E-state index in [9.17, 15) is 14.4 Å². The van der Waals surface area contributed by atoms with Crippen LogP contribution in [0.2, 0.25) is 0 Å². The summed E-state index contributed by atoms with van der Waals surface area (Å²) in [7, 11) is 1.33. The fourth-order valence-corrected chi connectivity index (χ4v) is 3.52. The predicted molar refractivity (Wildman–Crippen MR) is 87.8 cm³/mol. The SMILES string of the molecule is CCc1nc2sc(C(N)=O)c(C)c2c(=O)n1CCCC(=O)OC. The van der Waals surface area contributed by atoms with Gasteiger partial charge in [-0.3, -0.25) is 19.0 Å². The molecule has 7 nitrogen and oxygen atoms in total. The van der Waals surface area contributed by atoms with Crippen molar-refractivity contribution in [2.75, 3.05) is 7.11 Å². The van der Waals surface area contributed by atoms with Crippen molar-refractivity contribution in [3.05, 3.63) is 26.6 Å². The van der Waals surface area contributed by atoms with Gasteiger partial charge in [-0.25, -0.2) is 4.98 Å². The first-order chi connectivity index (χ1) is 10.9. The summed E-state index contributed by atoms with van der Waals surface area (Å²) in [5.41, 5.74) is 5.72. The van der Waals surface area contributed by atoms with Crippen LogP contribution in [0.1, 0.15) is 40.8 Å². The lowest BCUT2D eigenvalue weighted by Crippen LogP contribution is -2.25. The van der Waals surface area contributed by atoms with Gasteiger partial charge in [0.15, 0.2) is 0 Å². The number of thiophene rings is 1. The lowest BCUT2D eigenvalue weighted by Gasteiger charge is -2.11. The summed E-state index contributed by atoms with van der Waals surface area (Å²) in [5, 5.41) is 0.430. The van der Waals surface area contributed by atoms with Crippen LogP contribution in [0.4, 0.5) is 0 Å². The second kappa shape index (κ2) is 6.91. The summed E-state index contributed by atoms with van der Waals surface area (Å²) in [6.07, 6.45) is 1.30. The quantitative estimate of drug-likeness (QED) is 0.802. The molecule has 0 unspecified atom stereocenters. The van der Waals surface area contributed by atoms with E-state index in [1.807, 2.05) is 6.92 Å². The molecule has 0 aromatic carbocycles. The van der Waals surface area contributed by atoms with Crippen molar-refractivity contribution < 1.29 is 14.3 Å². The van der Waals surface area contributed by atoms with Gasteiger partial charge in [0.1, 0.15) is 10.7 Å². The number of aromatic nitrogens is 2. The highest BCUT2D eigenvalue weighted by molar-refractivity contribution is 7.20. The highest BCUT2D eigenvalue weighted by Gasteiger charge is 2.19. The van der Waals surface area contributed by atoms with Crippen molar-refractivity contribution in [3.63, 3.8) is 0 Å². The fraction of sp³-hybridized carbons (Fsp3) is 0.467. The lowest BCUT2D eigenvalue weighted by molar-refractivity contribution is -0.140. The summed E-state index contributed by atoms with van der Waals surface area (Å²) < 4.78 is 6.17. The van der Waals surface area contributed by atoms with Crippen molar-refractivity contribution in [3.8, 4) is 0 Å². The number of nitrogens with two attached hydrogens (primary N) is 1. The van der Waals surface area contributed by atoms with Crippen molar-refractivity contribution in [2.45, 2.75) is 39.7 Å². The van der Waals surface area contributed by atoms with E-state index in [-0.39, 0.29) is 17.9 Å². The van der Waals surface area contributed by atoms with Crippen LogP contribution < -0.4 is 11.3 Å². The van der Waals surface area contributed by atoms with Gasteiger partial charge < -0.3 is 10.5 Å². The molecule has 2 N–H and O–H groups in total. The van der Waals surface area contributed by atoms with Gasteiger partial charge in [-0.05, 0) is 18.9 Å². The molecule has 1 amide bonds. The number of amides is 1. The monoisotopic (exact) mass is 337 g/mol. The molecule has 2 rings (SSSR count). The highest BCUT2D eigenvalue weighted by Crippen LogP contribution is 2.27. The normalized spacial score (nSPS) is 10.9. The Bertz CT molecular complexity index is 822. The van der Waals surface area contributed by atoms with Gasteiger partial charge in [-0.1, -0.05) is 6.92 Å². The standard InChI is InChI=1S/C15H19N3O4S/c1-4-9-17-14-11(8(2)12(23-14)13(16)20)15(21)18(9)7-5-6-10(19)22-3/h4-7H2,1-3H3,(H2,16,20). The first-order valence-corrected chi connectivity index (χ1v) is 8.11. The molecule has 0 bridgehead atoms. The van der Waals surface area contributed by atoms with E-state index >= 15 is 0 Å². The maximum atomic E-state index is 12.8. The van der Waals surface area contributed by atoms with E-state index in [0.717, 1.165) is 11.3 Å². The second-order valence-corrected chi connectivity index (χ2v) is 6.12. The molecule has 0 aliphatic heterocycles. The van der Waals surface area contributed by atoms with Gasteiger partial charge in [0.2, 0.25) is 0 Å². The zero-order valence-corrected chi connectivity index (χ0v) is 14.2. The maximum Gasteiger partial charge on any atom is 0.305 e. The predicted octanol–water partition coefficient (Wildman–Crippen LogP) is 1.38. The number of rotatable bonds is 6. The maximum absolute atomic E-state index is 12.8. The van der Waals surface area contributed by atoms with E-state index in [1.54, 1.807) is 11.5 Å². The summed E-state index contributed by atoms with van der Waals surface area (Å²) in [6.45, 7) is 3.98. The third kappa shape index (κ3) is 3.26. The largest absolute Gasteiger partial charge is 0.469 e. The van der Waals surface area contributed by atoms with Crippen LogP contribution in [0.15, 0.2) is 4.79 Å². The van der Waals surface area contributed by atoms with Crippen LogP contribution >= 0.6 is 11.3 Å². The van der Waals surface area contributed by atoms with Crippen LogP contribution in [0.3, 0.4) is 0 Å². The number of hydrogen-bond acceptors (Lipinski definition) is 6. The molecule has 0 saturated heterocycles. The molecule has 2 aromatic rings. The zero-order chi connectivity index (χ0) is 17.1. The van der Waals surface area contributed by atoms with E-state index in [2.05, 4.69) is 9.72 Å². The van der Waals surface area contributed by atoms with E-state index < -0.39 is 5.91 Å². The van der Waals surface area contributed by atoms with Crippen molar-refractivity contribution in [1.82, 2.24) is 9.55 Å². The topological polar surface area (TPSA) is 104 Å². The minimum Gasteiger partial charge on any atom is -0.469 e. The number of hydrogen-bond donors (Lipinski definition) is 1. The van der Waals surface area contributed by atoms with E-state index in [0.29, 0.717) is 45.9 Å². The van der Waals surface area contributed by atoms with Crippen molar-refractivity contribution in [2.24, 2.45) is 5.73 Å². The minimum atomic E-state index is -0.555. The smallest absolute Gasteiger partial charge is 0.305 e. The Kier molecular flexibility index (Phi) is 5.15. The highest BCUT2D eigenvalue weighted by atomic mass is 32.1. The molecular formula is C15H19N3O4S. The number of esters is 1. The Balaban J connectivity index is 2.49. The van der Waals surface area contributed by atoms with Gasteiger partial charge in [0, 0.05) is 19.4 Å². The van der Waals surface area contributed by atoms with Crippen molar-refractivity contribution >= 4 is 33.4 Å². The molecular weight excluding hydrogens is 318 g/mol. The molecule has 0 atom stereocenters. The Hall–Kier alpha value is -2.22. The number of fused-ring (bicyclic) bond motifs is 1. The molecule has 0 radical (unpaired) electrons. The third-order valence-electron chi connectivity index (χ3n) is 3.66. The molecule has 8 heteroatoms. The first-order valence-electron chi connectivity index (χ1n) is 7.30. The van der Waals surface area contributed by atoms with Crippen LogP contribution in [-0.4, -0.2) is 28.5 Å². The van der Waals surface area contributed by atoms with Gasteiger partial charge in [-0.2, -0.15) is 0 Å². The van der Waals surface area contributed by atoms with Crippen LogP contribution in [0, 0.1) is 6.92 Å². The molecule has 0 saturated carbocycles. The van der Waals surface area contributed by atoms with Crippen molar-refractivity contribution in [1.29, 1.82) is 0 Å². The Morgan fingerprint density at radius 1 is 1.39 bits per heavy atom. The zero-order valence-electron chi connectivity index (χ0n) is 13.3. The summed E-state index contributed by atoms with van der Waals surface area (Å²) in [5.74, 6) is -0.238. The summed E-state index contributed by atoms with van der Waals surface area (Å²) in [6, 6.07) is 0. The number of carbonyl (C=O) groups is 2. The first kappa shape index (κ1) is 17.1. The Labute approximate surface area is 137 Å². The summed E-state index contributed by atoms with van der Waals surface area (Å²) in [4.78, 5) is 40.8. The lowest BCUT2D eigenvalue weighted by atomic mass is 10.2. The number of aryl methyl sites for hydroxylation is 2. The van der Waals surface area contributed by atoms with Crippen LogP contribution in [-0.2, 0) is 22.5 Å². The molecule has 0 aliphatic carbocycles. The summed E-state index contributed by atoms with van der Waals surface area (Å²) >= 11 is 1.14. The van der Waals surface area contributed by atoms with Crippen LogP contribution in [0.25, 0.3) is 10.2 Å². The molecule has 124 valence electrons. The van der Waals surface area contributed by atoms with Gasteiger partial charge >= 0.3 is 5.97 Å². The average Bonchev–Trinajstić information content (AvgIpc) is 2.86. The van der Waals surface area contributed by atoms with Gasteiger partial charge in [0.05, 0.1) is 17.4 Å². The molecule has 2 aromatic heterocycles. The van der Waals surface area contributed by atoms with Crippen LogP contribution in [0.5, 0.6) is 0 Å². The number of nitrogens with zero attached hydrogens (tertiary/aromatic N) is 2. The number of methoxy groups -OCH3 is 1.